The van der Waals surface area contributed by atoms with Crippen LogP contribution in [0.1, 0.15) is 55.4 Å². The Morgan fingerprint density at radius 2 is 1.30 bits per heavy atom. The van der Waals surface area contributed by atoms with E-state index in [0.717, 1.165) is 0 Å². The predicted molar refractivity (Wildman–Crippen MR) is 102 cm³/mol. The molecule has 0 rings (SSSR count). The summed E-state index contributed by atoms with van der Waals surface area (Å²) in [6.45, 7) is 14.6. The topological polar surface area (TPSA) is 144 Å². The fraction of sp³-hybridized carbons (Fsp3) is 0.778. The number of nitrogens with two attached hydrogens (primary N) is 1. The molecule has 0 aliphatic carbocycles. The molecule has 0 aliphatic rings. The van der Waals surface area contributed by atoms with Crippen molar-refractivity contribution in [2.45, 2.75) is 66.6 Å². The molecule has 0 aromatic heterocycles. The highest BCUT2D eigenvalue weighted by atomic mass is 16.6. The first kappa shape index (κ1) is 26.7. The van der Waals surface area contributed by atoms with Crippen molar-refractivity contribution >= 4 is 18.1 Å². The van der Waals surface area contributed by atoms with Crippen LogP contribution in [0.2, 0.25) is 0 Å². The molecule has 0 saturated carbocycles. The van der Waals surface area contributed by atoms with Gasteiger partial charge in [0.1, 0.15) is 11.2 Å². The number of primary amides is 1. The molecule has 0 aromatic carbocycles. The van der Waals surface area contributed by atoms with Gasteiger partial charge in [-0.05, 0) is 48.5 Å². The monoisotopic (exact) mass is 386 g/mol. The Morgan fingerprint density at radius 1 is 0.926 bits per heavy atom. The Bertz CT molecular complexity index is 529. The van der Waals surface area contributed by atoms with Crippen molar-refractivity contribution < 1.29 is 23.9 Å². The molecule has 9 nitrogen and oxygen atoms in total. The Labute approximate surface area is 161 Å². The van der Waals surface area contributed by atoms with E-state index in [1.54, 1.807) is 55.4 Å². The summed E-state index contributed by atoms with van der Waals surface area (Å²) in [6.07, 6.45) is -1.01. The van der Waals surface area contributed by atoms with E-state index in [2.05, 4.69) is 10.6 Å². The number of alkyl carbamates (subject to hydrolysis) is 2. The van der Waals surface area contributed by atoms with Crippen LogP contribution < -0.4 is 16.4 Å². The fourth-order valence-corrected chi connectivity index (χ4v) is 1.25. The molecule has 0 heterocycles. The minimum absolute atomic E-state index is 0.187. The maximum absolute atomic E-state index is 11.1. The smallest absolute Gasteiger partial charge is 0.407 e. The molecule has 0 spiro atoms. The zero-order valence-corrected chi connectivity index (χ0v) is 17.6. The molecule has 0 aliphatic heterocycles. The summed E-state index contributed by atoms with van der Waals surface area (Å²) in [6, 6.07) is 2.01. The summed E-state index contributed by atoms with van der Waals surface area (Å²) < 4.78 is 9.94. The first-order valence-electron chi connectivity index (χ1n) is 8.70. The van der Waals surface area contributed by atoms with Crippen LogP contribution in [0, 0.1) is 23.2 Å². The second-order valence-electron chi connectivity index (χ2n) is 8.10. The number of nitrogens with zero attached hydrogens (tertiary/aromatic N) is 1. The van der Waals surface area contributed by atoms with E-state index in [-0.39, 0.29) is 18.4 Å². The molecule has 2 atom stereocenters. The first-order chi connectivity index (χ1) is 12.1. The Balaban J connectivity index is 0. The van der Waals surface area contributed by atoms with Gasteiger partial charge in [0.2, 0.25) is 5.91 Å². The highest BCUT2D eigenvalue weighted by Gasteiger charge is 2.17. The van der Waals surface area contributed by atoms with Crippen molar-refractivity contribution in [3.8, 4) is 6.07 Å². The molecule has 9 heteroatoms. The summed E-state index contributed by atoms with van der Waals surface area (Å²) in [5.74, 6) is -1.02. The summed E-state index contributed by atoms with van der Waals surface area (Å²) in [4.78, 5) is 32.8. The minimum Gasteiger partial charge on any atom is -0.444 e. The molecule has 0 bridgehead atoms. The summed E-state index contributed by atoms with van der Waals surface area (Å²) in [7, 11) is 0. The van der Waals surface area contributed by atoms with Gasteiger partial charge in [0, 0.05) is 13.1 Å². The molecule has 0 radical (unpaired) electrons. The van der Waals surface area contributed by atoms with Crippen molar-refractivity contribution in [2.24, 2.45) is 17.6 Å². The van der Waals surface area contributed by atoms with Crippen molar-refractivity contribution in [2.75, 3.05) is 13.1 Å². The number of hydrogen-bond acceptors (Lipinski definition) is 6. The lowest BCUT2D eigenvalue weighted by atomic mass is 10.2. The average Bonchev–Trinajstić information content (AvgIpc) is 2.47. The van der Waals surface area contributed by atoms with Crippen LogP contribution in [0.4, 0.5) is 9.59 Å². The van der Waals surface area contributed by atoms with Gasteiger partial charge in [-0.3, -0.25) is 4.79 Å². The van der Waals surface area contributed by atoms with Gasteiger partial charge < -0.3 is 25.8 Å². The highest BCUT2D eigenvalue weighted by molar-refractivity contribution is 5.77. The maximum atomic E-state index is 11.1. The lowest BCUT2D eigenvalue weighted by molar-refractivity contribution is -0.121. The maximum Gasteiger partial charge on any atom is 0.407 e. The largest absolute Gasteiger partial charge is 0.444 e. The van der Waals surface area contributed by atoms with Crippen LogP contribution >= 0.6 is 0 Å². The number of carbonyl (C=O) groups is 3. The van der Waals surface area contributed by atoms with Gasteiger partial charge in [-0.15, -0.1) is 0 Å². The molecule has 0 unspecified atom stereocenters. The van der Waals surface area contributed by atoms with Crippen LogP contribution in [-0.2, 0) is 14.3 Å². The molecule has 27 heavy (non-hydrogen) atoms. The normalized spacial score (nSPS) is 13.0. The zero-order chi connectivity index (χ0) is 21.8. The van der Waals surface area contributed by atoms with Gasteiger partial charge in [-0.1, -0.05) is 6.92 Å². The molecule has 0 aromatic rings. The van der Waals surface area contributed by atoms with Crippen LogP contribution in [0.3, 0.4) is 0 Å². The number of nitriles is 1. The third kappa shape index (κ3) is 19.7. The van der Waals surface area contributed by atoms with E-state index in [9.17, 15) is 14.4 Å². The molecular formula is C18H34N4O5. The van der Waals surface area contributed by atoms with Gasteiger partial charge >= 0.3 is 12.2 Å². The van der Waals surface area contributed by atoms with E-state index >= 15 is 0 Å². The van der Waals surface area contributed by atoms with E-state index in [1.165, 1.54) is 0 Å². The van der Waals surface area contributed by atoms with Crippen molar-refractivity contribution in [3.05, 3.63) is 0 Å². The first-order valence-corrected chi connectivity index (χ1v) is 8.70. The second-order valence-corrected chi connectivity index (χ2v) is 8.10. The number of amides is 3. The Morgan fingerprint density at radius 3 is 1.59 bits per heavy atom. The number of nitrogens with one attached hydrogen (secondary N) is 2. The van der Waals surface area contributed by atoms with E-state index < -0.39 is 29.3 Å². The van der Waals surface area contributed by atoms with Gasteiger partial charge in [0.15, 0.2) is 0 Å². The molecule has 3 amide bonds. The quantitative estimate of drug-likeness (QED) is 0.661. The SMILES string of the molecule is C[C@@H](C#N)CNC(=O)OC(C)(C)C.C[C@H](CNC(=O)OC(C)(C)C)C(N)=O. The number of hydrogen-bond donors (Lipinski definition) is 3. The zero-order valence-electron chi connectivity index (χ0n) is 17.6. The van der Waals surface area contributed by atoms with Gasteiger partial charge in [0.25, 0.3) is 0 Å². The van der Waals surface area contributed by atoms with Crippen molar-refractivity contribution in [3.63, 3.8) is 0 Å². The van der Waals surface area contributed by atoms with E-state index in [4.69, 9.17) is 20.5 Å². The number of carbonyl (C=O) groups excluding carboxylic acids is 3. The summed E-state index contributed by atoms with van der Waals surface area (Å²) >= 11 is 0. The average molecular weight is 386 g/mol. The van der Waals surface area contributed by atoms with Crippen molar-refractivity contribution in [1.82, 2.24) is 10.6 Å². The molecular weight excluding hydrogens is 352 g/mol. The van der Waals surface area contributed by atoms with E-state index in [0.29, 0.717) is 6.54 Å². The number of ether oxygens (including phenoxy) is 2. The third-order valence-electron chi connectivity index (χ3n) is 2.61. The third-order valence-corrected chi connectivity index (χ3v) is 2.61. The Hall–Kier alpha value is -2.50. The van der Waals surface area contributed by atoms with Crippen LogP contribution in [0.15, 0.2) is 0 Å². The van der Waals surface area contributed by atoms with Gasteiger partial charge in [-0.25, -0.2) is 9.59 Å². The van der Waals surface area contributed by atoms with Gasteiger partial charge in [-0.2, -0.15) is 5.26 Å². The molecule has 156 valence electrons. The second kappa shape index (κ2) is 12.0. The lowest BCUT2D eigenvalue weighted by Crippen LogP contribution is -2.37. The lowest BCUT2D eigenvalue weighted by Gasteiger charge is -2.20. The minimum atomic E-state index is -0.536. The van der Waals surface area contributed by atoms with Crippen molar-refractivity contribution in [1.29, 1.82) is 5.26 Å². The standard InChI is InChI=1S/C9H18N2O3.C9H16N2O2/c1-6(7(10)12)5-11-8(13)14-9(2,3)4;1-7(5-10)6-11-8(12)13-9(2,3)4/h6H,5H2,1-4H3,(H2,10,12)(H,11,13);7H,6H2,1-4H3,(H,11,12)/t6-;7-/m10/s1. The summed E-state index contributed by atoms with van der Waals surface area (Å²) in [5, 5.41) is 13.4. The van der Waals surface area contributed by atoms with E-state index in [1.807, 2.05) is 6.07 Å². The van der Waals surface area contributed by atoms with Crippen LogP contribution in [0.25, 0.3) is 0 Å². The van der Waals surface area contributed by atoms with Crippen LogP contribution in [0.5, 0.6) is 0 Å². The Kier molecular flexibility index (Phi) is 11.9. The molecule has 4 N–H and O–H groups in total. The fourth-order valence-electron chi connectivity index (χ4n) is 1.25. The molecule has 0 fully saturated rings. The predicted octanol–water partition coefficient (Wildman–Crippen LogP) is 2.30. The van der Waals surface area contributed by atoms with Crippen LogP contribution in [-0.4, -0.2) is 42.4 Å². The summed E-state index contributed by atoms with van der Waals surface area (Å²) in [5.41, 5.74) is 4.00. The highest BCUT2D eigenvalue weighted by Crippen LogP contribution is 2.07. The van der Waals surface area contributed by atoms with Gasteiger partial charge in [0.05, 0.1) is 17.9 Å². The number of rotatable bonds is 5. The molecule has 0 saturated heterocycles.